The molecule has 0 saturated heterocycles. The molecule has 0 aliphatic heterocycles. The van der Waals surface area contributed by atoms with Crippen LogP contribution in [0.5, 0.6) is 0 Å². The lowest BCUT2D eigenvalue weighted by molar-refractivity contribution is -0.124. The van der Waals surface area contributed by atoms with Gasteiger partial charge in [0.05, 0.1) is 6.04 Å². The Morgan fingerprint density at radius 3 is 2.52 bits per heavy atom. The maximum absolute atomic E-state index is 12.8. The Morgan fingerprint density at radius 2 is 1.78 bits per heavy atom. The van der Waals surface area contributed by atoms with Crippen molar-refractivity contribution in [2.75, 3.05) is 0 Å². The number of carbonyl (C=O) groups excluding carboxylic acids is 2. The smallest absolute Gasteiger partial charge is 0.408 e. The summed E-state index contributed by atoms with van der Waals surface area (Å²) in [7, 11) is 0. The number of amides is 2. The van der Waals surface area contributed by atoms with E-state index in [9.17, 15) is 9.59 Å². The molecule has 0 heterocycles. The van der Waals surface area contributed by atoms with E-state index in [2.05, 4.69) is 22.8 Å². The van der Waals surface area contributed by atoms with Crippen molar-refractivity contribution >= 4 is 12.0 Å². The fourth-order valence-corrected chi connectivity index (χ4v) is 3.40. The van der Waals surface area contributed by atoms with Crippen molar-refractivity contribution < 1.29 is 14.3 Å². The first-order valence-corrected chi connectivity index (χ1v) is 9.40. The van der Waals surface area contributed by atoms with E-state index in [0.29, 0.717) is 0 Å². The van der Waals surface area contributed by atoms with Crippen LogP contribution in [0.3, 0.4) is 0 Å². The summed E-state index contributed by atoms with van der Waals surface area (Å²) in [5.41, 5.74) is 3.35. The van der Waals surface area contributed by atoms with E-state index in [1.54, 1.807) is 0 Å². The minimum Gasteiger partial charge on any atom is -0.445 e. The van der Waals surface area contributed by atoms with Crippen molar-refractivity contribution in [2.45, 2.75) is 45.4 Å². The molecule has 2 amide bonds. The summed E-state index contributed by atoms with van der Waals surface area (Å²) < 4.78 is 5.26. The zero-order valence-corrected chi connectivity index (χ0v) is 15.8. The first-order valence-electron chi connectivity index (χ1n) is 9.40. The van der Waals surface area contributed by atoms with Gasteiger partial charge in [0, 0.05) is 0 Å². The van der Waals surface area contributed by atoms with E-state index in [-0.39, 0.29) is 24.5 Å². The van der Waals surface area contributed by atoms with Crippen LogP contribution in [0.15, 0.2) is 54.6 Å². The molecule has 0 bridgehead atoms. The number of alkyl carbamates (subject to hydrolysis) is 1. The number of fused-ring (bicyclic) bond motifs is 1. The van der Waals surface area contributed by atoms with Gasteiger partial charge in [0.1, 0.15) is 12.6 Å². The fourth-order valence-electron chi connectivity index (χ4n) is 3.40. The highest BCUT2D eigenvalue weighted by molar-refractivity contribution is 5.86. The summed E-state index contributed by atoms with van der Waals surface area (Å²) in [4.78, 5) is 24.9. The molecular formula is C22H26N2O3. The molecule has 1 aliphatic rings. The largest absolute Gasteiger partial charge is 0.445 e. The second-order valence-corrected chi connectivity index (χ2v) is 7.23. The minimum absolute atomic E-state index is 0.00270. The Kier molecular flexibility index (Phi) is 6.12. The highest BCUT2D eigenvalue weighted by Gasteiger charge is 2.29. The molecule has 2 atom stereocenters. The molecule has 2 N–H and O–H groups in total. The van der Waals surface area contributed by atoms with Gasteiger partial charge in [-0.05, 0) is 35.4 Å². The van der Waals surface area contributed by atoms with Crippen LogP contribution in [0.25, 0.3) is 0 Å². The lowest BCUT2D eigenvalue weighted by Gasteiger charge is -2.24. The quantitative estimate of drug-likeness (QED) is 0.818. The van der Waals surface area contributed by atoms with Gasteiger partial charge in [0.15, 0.2) is 0 Å². The van der Waals surface area contributed by atoms with Gasteiger partial charge < -0.3 is 15.4 Å². The van der Waals surface area contributed by atoms with Crippen molar-refractivity contribution in [1.82, 2.24) is 10.6 Å². The predicted octanol–water partition coefficient (Wildman–Crippen LogP) is 3.74. The minimum atomic E-state index is -0.638. The van der Waals surface area contributed by atoms with Crippen LogP contribution in [0.1, 0.15) is 43.0 Å². The van der Waals surface area contributed by atoms with E-state index < -0.39 is 12.1 Å². The van der Waals surface area contributed by atoms with Crippen molar-refractivity contribution in [2.24, 2.45) is 5.92 Å². The average Bonchev–Trinajstić information content (AvgIpc) is 3.08. The van der Waals surface area contributed by atoms with E-state index in [1.165, 1.54) is 11.1 Å². The third-order valence-corrected chi connectivity index (χ3v) is 4.88. The number of nitrogens with one attached hydrogen (secondary N) is 2. The van der Waals surface area contributed by atoms with Crippen LogP contribution in [0.4, 0.5) is 4.79 Å². The number of carbonyl (C=O) groups is 2. The molecule has 1 aliphatic carbocycles. The molecule has 142 valence electrons. The molecule has 0 spiro atoms. The Labute approximate surface area is 160 Å². The Balaban J connectivity index is 1.56. The molecule has 27 heavy (non-hydrogen) atoms. The van der Waals surface area contributed by atoms with Crippen LogP contribution in [0.2, 0.25) is 0 Å². The maximum atomic E-state index is 12.8. The molecular weight excluding hydrogens is 340 g/mol. The first-order chi connectivity index (χ1) is 13.0. The third kappa shape index (κ3) is 4.88. The van der Waals surface area contributed by atoms with Crippen molar-refractivity contribution in [1.29, 1.82) is 0 Å². The van der Waals surface area contributed by atoms with Gasteiger partial charge in [-0.3, -0.25) is 4.79 Å². The predicted molar refractivity (Wildman–Crippen MR) is 104 cm³/mol. The summed E-state index contributed by atoms with van der Waals surface area (Å²) >= 11 is 0. The van der Waals surface area contributed by atoms with Crippen LogP contribution in [-0.4, -0.2) is 18.0 Å². The summed E-state index contributed by atoms with van der Waals surface area (Å²) in [6, 6.07) is 17.0. The monoisotopic (exact) mass is 366 g/mol. The van der Waals surface area contributed by atoms with E-state index in [0.717, 1.165) is 18.4 Å². The van der Waals surface area contributed by atoms with Crippen LogP contribution < -0.4 is 10.6 Å². The van der Waals surface area contributed by atoms with Crippen molar-refractivity contribution in [3.63, 3.8) is 0 Å². The second-order valence-electron chi connectivity index (χ2n) is 7.23. The van der Waals surface area contributed by atoms with Crippen LogP contribution >= 0.6 is 0 Å². The normalized spacial score (nSPS) is 16.5. The molecule has 2 unspecified atom stereocenters. The molecule has 5 nitrogen and oxygen atoms in total. The van der Waals surface area contributed by atoms with Crippen molar-refractivity contribution in [3.05, 3.63) is 71.3 Å². The molecule has 5 heteroatoms. The summed E-state index contributed by atoms with van der Waals surface area (Å²) in [6.45, 7) is 3.99. The lowest BCUT2D eigenvalue weighted by Crippen LogP contribution is -2.50. The van der Waals surface area contributed by atoms with Gasteiger partial charge in [-0.1, -0.05) is 68.4 Å². The second kappa shape index (κ2) is 8.71. The van der Waals surface area contributed by atoms with Gasteiger partial charge in [-0.25, -0.2) is 4.79 Å². The van der Waals surface area contributed by atoms with E-state index in [4.69, 9.17) is 4.74 Å². The molecule has 2 aromatic rings. The highest BCUT2D eigenvalue weighted by Crippen LogP contribution is 2.30. The fraction of sp³-hybridized carbons (Fsp3) is 0.364. The lowest BCUT2D eigenvalue weighted by atomic mass is 10.0. The average molecular weight is 366 g/mol. The maximum Gasteiger partial charge on any atom is 0.408 e. The van der Waals surface area contributed by atoms with Crippen molar-refractivity contribution in [3.8, 4) is 0 Å². The highest BCUT2D eigenvalue weighted by atomic mass is 16.5. The standard InChI is InChI=1S/C22H26N2O3/c1-15(2)20(24-22(26)27-14-16-8-4-3-5-9-16)21(25)23-19-13-12-17-10-6-7-11-18(17)19/h3-11,15,19-20H,12-14H2,1-2H3,(H,23,25)(H,24,26). The van der Waals surface area contributed by atoms with Gasteiger partial charge in [-0.15, -0.1) is 0 Å². The van der Waals surface area contributed by atoms with Gasteiger partial charge in [0.25, 0.3) is 0 Å². The summed E-state index contributed by atoms with van der Waals surface area (Å²) in [5.74, 6) is -0.228. The first kappa shape index (κ1) is 19.0. The van der Waals surface area contributed by atoms with E-state index in [1.807, 2.05) is 56.3 Å². The number of aryl methyl sites for hydroxylation is 1. The van der Waals surface area contributed by atoms with Gasteiger partial charge >= 0.3 is 6.09 Å². The Bertz CT molecular complexity index is 789. The number of rotatable bonds is 6. The van der Waals surface area contributed by atoms with Gasteiger partial charge in [0.2, 0.25) is 5.91 Å². The Hall–Kier alpha value is -2.82. The summed E-state index contributed by atoms with van der Waals surface area (Å²) in [6.07, 6.45) is 1.26. The topological polar surface area (TPSA) is 67.4 Å². The van der Waals surface area contributed by atoms with Crippen LogP contribution in [-0.2, 0) is 22.6 Å². The number of hydrogen-bond acceptors (Lipinski definition) is 3. The number of ether oxygens (including phenoxy) is 1. The molecule has 0 fully saturated rings. The SMILES string of the molecule is CC(C)C(NC(=O)OCc1ccccc1)C(=O)NC1CCc2ccccc21. The Morgan fingerprint density at radius 1 is 1.07 bits per heavy atom. The molecule has 0 aromatic heterocycles. The molecule has 0 radical (unpaired) electrons. The van der Waals surface area contributed by atoms with E-state index >= 15 is 0 Å². The third-order valence-electron chi connectivity index (χ3n) is 4.88. The van der Waals surface area contributed by atoms with Gasteiger partial charge in [-0.2, -0.15) is 0 Å². The zero-order valence-electron chi connectivity index (χ0n) is 15.8. The molecule has 3 rings (SSSR count). The molecule has 2 aromatic carbocycles. The van der Waals surface area contributed by atoms with Crippen LogP contribution in [0, 0.1) is 5.92 Å². The summed E-state index contributed by atoms with van der Waals surface area (Å²) in [5, 5.41) is 5.80. The number of hydrogen-bond donors (Lipinski definition) is 2. The number of benzene rings is 2. The molecule has 0 saturated carbocycles. The zero-order chi connectivity index (χ0) is 19.2.